The Morgan fingerprint density at radius 3 is 2.48 bits per heavy atom. The summed E-state index contributed by atoms with van der Waals surface area (Å²) < 4.78 is 13.5. The van der Waals surface area contributed by atoms with Gasteiger partial charge in [-0.2, -0.15) is 0 Å². The van der Waals surface area contributed by atoms with Crippen molar-refractivity contribution in [3.05, 3.63) is 34.7 Å². The number of benzene rings is 1. The van der Waals surface area contributed by atoms with E-state index in [1.54, 1.807) is 18.3 Å². The van der Waals surface area contributed by atoms with Crippen LogP contribution in [0.3, 0.4) is 0 Å². The zero-order chi connectivity index (χ0) is 18.2. The molecule has 25 heavy (non-hydrogen) atoms. The lowest BCUT2D eigenvalue weighted by molar-refractivity contribution is -0.109. The maximum atomic E-state index is 11.5. The normalized spacial score (nSPS) is 19.6. The SMILES string of the molecule is CC(=O)SCC(=Cc1nc2ccccc2s1)B1OC(C)(C)C(C)(C)O1. The molecular weight excluding hydrogens is 353 g/mol. The lowest BCUT2D eigenvalue weighted by Crippen LogP contribution is -2.41. The second-order valence-electron chi connectivity index (χ2n) is 7.11. The number of aromatic nitrogens is 1. The Hall–Kier alpha value is -1.15. The molecule has 132 valence electrons. The van der Waals surface area contributed by atoms with E-state index in [9.17, 15) is 4.79 Å². The first-order chi connectivity index (χ1) is 11.7. The van der Waals surface area contributed by atoms with Crippen LogP contribution in [0.1, 0.15) is 39.6 Å². The first-order valence-corrected chi connectivity index (χ1v) is 10.0. The van der Waals surface area contributed by atoms with Gasteiger partial charge in [0, 0.05) is 12.7 Å². The maximum absolute atomic E-state index is 11.5. The van der Waals surface area contributed by atoms with E-state index in [1.165, 1.54) is 11.8 Å². The van der Waals surface area contributed by atoms with E-state index in [2.05, 4.69) is 11.1 Å². The molecule has 0 bridgehead atoms. The smallest absolute Gasteiger partial charge is 0.400 e. The Kier molecular flexibility index (Phi) is 5.12. The van der Waals surface area contributed by atoms with Gasteiger partial charge in [-0.05, 0) is 51.4 Å². The number of carbonyl (C=O) groups excluding carboxylic acids is 1. The van der Waals surface area contributed by atoms with Gasteiger partial charge in [0.25, 0.3) is 0 Å². The highest BCUT2D eigenvalue weighted by Gasteiger charge is 2.52. The van der Waals surface area contributed by atoms with Crippen LogP contribution >= 0.6 is 23.1 Å². The molecule has 0 unspecified atom stereocenters. The van der Waals surface area contributed by atoms with Gasteiger partial charge in [0.15, 0.2) is 5.12 Å². The van der Waals surface area contributed by atoms with Gasteiger partial charge in [0.2, 0.25) is 0 Å². The average Bonchev–Trinajstić information content (AvgIpc) is 3.00. The topological polar surface area (TPSA) is 48.4 Å². The minimum absolute atomic E-state index is 0.0757. The van der Waals surface area contributed by atoms with E-state index >= 15 is 0 Å². The van der Waals surface area contributed by atoms with Crippen molar-refractivity contribution in [1.29, 1.82) is 0 Å². The molecule has 1 aromatic heterocycles. The number of thioether (sulfide) groups is 1. The summed E-state index contributed by atoms with van der Waals surface area (Å²) in [7, 11) is -0.469. The van der Waals surface area contributed by atoms with Gasteiger partial charge in [0.05, 0.1) is 21.4 Å². The van der Waals surface area contributed by atoms with E-state index in [1.807, 2.05) is 52.0 Å². The Morgan fingerprint density at radius 2 is 1.88 bits per heavy atom. The Morgan fingerprint density at radius 1 is 1.24 bits per heavy atom. The monoisotopic (exact) mass is 375 g/mol. The Labute approximate surface area is 157 Å². The number of hydrogen-bond donors (Lipinski definition) is 0. The van der Waals surface area contributed by atoms with E-state index in [0.717, 1.165) is 20.7 Å². The summed E-state index contributed by atoms with van der Waals surface area (Å²) in [6, 6.07) is 8.05. The van der Waals surface area contributed by atoms with Crippen molar-refractivity contribution < 1.29 is 14.1 Å². The molecule has 0 radical (unpaired) electrons. The quantitative estimate of drug-likeness (QED) is 0.732. The molecule has 0 amide bonds. The van der Waals surface area contributed by atoms with E-state index in [0.29, 0.717) is 5.75 Å². The molecule has 1 aliphatic rings. The molecule has 0 atom stereocenters. The third-order valence-corrected chi connectivity index (χ3v) is 6.49. The van der Waals surface area contributed by atoms with Crippen LogP contribution in [0.25, 0.3) is 16.3 Å². The molecule has 0 saturated carbocycles. The highest BCUT2D eigenvalue weighted by atomic mass is 32.2. The predicted octanol–water partition coefficient (Wildman–Crippen LogP) is 4.59. The van der Waals surface area contributed by atoms with Crippen molar-refractivity contribution in [1.82, 2.24) is 4.98 Å². The second-order valence-corrected chi connectivity index (χ2v) is 9.32. The van der Waals surface area contributed by atoms with Crippen LogP contribution in [-0.4, -0.2) is 34.2 Å². The van der Waals surface area contributed by atoms with E-state index in [-0.39, 0.29) is 5.12 Å². The summed E-state index contributed by atoms with van der Waals surface area (Å²) in [5.41, 5.74) is 1.08. The molecule has 4 nitrogen and oxygen atoms in total. The fourth-order valence-electron chi connectivity index (χ4n) is 2.47. The minimum Gasteiger partial charge on any atom is -0.400 e. The van der Waals surface area contributed by atoms with Gasteiger partial charge >= 0.3 is 7.12 Å². The van der Waals surface area contributed by atoms with Gasteiger partial charge in [-0.1, -0.05) is 23.9 Å². The molecule has 7 heteroatoms. The first kappa shape index (κ1) is 18.6. The average molecular weight is 375 g/mol. The highest BCUT2D eigenvalue weighted by molar-refractivity contribution is 8.13. The summed E-state index contributed by atoms with van der Waals surface area (Å²) in [4.78, 5) is 16.1. The fraction of sp³-hybridized carbons (Fsp3) is 0.444. The summed E-state index contributed by atoms with van der Waals surface area (Å²) in [5.74, 6) is 0.530. The number of thiazole rings is 1. The third kappa shape index (κ3) is 4.00. The molecule has 2 aromatic rings. The summed E-state index contributed by atoms with van der Waals surface area (Å²) >= 11 is 2.89. The molecule has 1 aliphatic heterocycles. The van der Waals surface area contributed by atoms with Gasteiger partial charge in [-0.15, -0.1) is 11.3 Å². The van der Waals surface area contributed by atoms with Crippen LogP contribution in [0.15, 0.2) is 29.7 Å². The molecule has 0 N–H and O–H groups in total. The van der Waals surface area contributed by atoms with Crippen molar-refractivity contribution in [3.63, 3.8) is 0 Å². The standard InChI is InChI=1S/C18H22BNO3S2/c1-12(21)24-11-13(19-22-17(2,3)18(4,5)23-19)10-16-20-14-8-6-7-9-15(14)25-16/h6-10H,11H2,1-5H3. The number of rotatable bonds is 4. The van der Waals surface area contributed by atoms with Crippen molar-refractivity contribution >= 4 is 51.6 Å². The third-order valence-electron chi connectivity index (χ3n) is 4.62. The minimum atomic E-state index is -0.469. The maximum Gasteiger partial charge on any atom is 0.491 e. The largest absolute Gasteiger partial charge is 0.491 e. The molecule has 1 saturated heterocycles. The van der Waals surface area contributed by atoms with E-state index < -0.39 is 18.3 Å². The first-order valence-electron chi connectivity index (χ1n) is 8.23. The van der Waals surface area contributed by atoms with Crippen molar-refractivity contribution in [3.8, 4) is 0 Å². The van der Waals surface area contributed by atoms with E-state index in [4.69, 9.17) is 9.31 Å². The summed E-state index contributed by atoms with van der Waals surface area (Å²) in [6.07, 6.45) is 2.00. The molecule has 2 heterocycles. The van der Waals surface area contributed by atoms with Crippen LogP contribution in [0, 0.1) is 0 Å². The zero-order valence-corrected chi connectivity index (χ0v) is 16.8. The number of fused-ring (bicyclic) bond motifs is 1. The molecular formula is C18H22BNO3S2. The number of para-hydroxylation sites is 1. The Balaban J connectivity index is 1.93. The summed E-state index contributed by atoms with van der Waals surface area (Å²) in [5, 5.41) is 0.974. The van der Waals surface area contributed by atoms with Crippen LogP contribution in [0.2, 0.25) is 0 Å². The fourth-order valence-corrected chi connectivity index (χ4v) is 4.00. The Bertz CT molecular complexity index is 780. The van der Waals surface area contributed by atoms with Crippen molar-refractivity contribution in [2.45, 2.75) is 45.8 Å². The number of nitrogens with zero attached hydrogens (tertiary/aromatic N) is 1. The zero-order valence-electron chi connectivity index (χ0n) is 15.2. The molecule has 0 spiro atoms. The van der Waals surface area contributed by atoms with Gasteiger partial charge in [-0.3, -0.25) is 4.79 Å². The summed E-state index contributed by atoms with van der Waals surface area (Å²) in [6.45, 7) is 9.69. The van der Waals surface area contributed by atoms with Gasteiger partial charge < -0.3 is 9.31 Å². The predicted molar refractivity (Wildman–Crippen MR) is 107 cm³/mol. The lowest BCUT2D eigenvalue weighted by Gasteiger charge is -2.32. The molecule has 1 aromatic carbocycles. The molecule has 3 rings (SSSR count). The lowest BCUT2D eigenvalue weighted by atomic mass is 9.79. The molecule has 0 aliphatic carbocycles. The molecule has 1 fully saturated rings. The van der Waals surface area contributed by atoms with Gasteiger partial charge in [0.1, 0.15) is 5.01 Å². The van der Waals surface area contributed by atoms with Crippen LogP contribution < -0.4 is 0 Å². The van der Waals surface area contributed by atoms with Crippen LogP contribution in [0.5, 0.6) is 0 Å². The second kappa shape index (κ2) is 6.87. The van der Waals surface area contributed by atoms with Crippen molar-refractivity contribution in [2.24, 2.45) is 0 Å². The van der Waals surface area contributed by atoms with Crippen LogP contribution in [-0.2, 0) is 14.1 Å². The van der Waals surface area contributed by atoms with Crippen LogP contribution in [0.4, 0.5) is 0 Å². The van der Waals surface area contributed by atoms with Gasteiger partial charge in [-0.25, -0.2) is 4.98 Å². The van der Waals surface area contributed by atoms with Crippen molar-refractivity contribution in [2.75, 3.05) is 5.75 Å². The number of hydrogen-bond acceptors (Lipinski definition) is 6. The number of carbonyl (C=O) groups is 1. The highest BCUT2D eigenvalue weighted by Crippen LogP contribution is 2.39.